The number of carbonyl (C=O) groups excluding carboxylic acids is 2. The first kappa shape index (κ1) is 16.9. The van der Waals surface area contributed by atoms with Crippen molar-refractivity contribution >= 4 is 11.9 Å². The minimum Gasteiger partial charge on any atom is -0.466 e. The first-order valence-electron chi connectivity index (χ1n) is 8.04. The number of rotatable bonds is 7. The molecule has 25 heavy (non-hydrogen) atoms. The van der Waals surface area contributed by atoms with Gasteiger partial charge in [-0.25, -0.2) is 0 Å². The molecule has 0 saturated carbocycles. The maximum Gasteiger partial charge on any atom is 0.307 e. The van der Waals surface area contributed by atoms with Crippen molar-refractivity contribution in [3.05, 3.63) is 47.9 Å². The van der Waals surface area contributed by atoms with E-state index in [9.17, 15) is 9.59 Å². The molecule has 0 radical (unpaired) electrons. The molecule has 1 aromatic heterocycles. The second kappa shape index (κ2) is 7.74. The molecule has 0 fully saturated rings. The Morgan fingerprint density at radius 1 is 1.20 bits per heavy atom. The van der Waals surface area contributed by atoms with Gasteiger partial charge >= 0.3 is 5.97 Å². The van der Waals surface area contributed by atoms with Gasteiger partial charge in [-0.05, 0) is 36.8 Å². The Bertz CT molecular complexity index is 740. The molecular formula is C18H19NO6. The van der Waals surface area contributed by atoms with E-state index >= 15 is 0 Å². The summed E-state index contributed by atoms with van der Waals surface area (Å²) < 4.78 is 20.8. The van der Waals surface area contributed by atoms with E-state index in [-0.39, 0.29) is 37.4 Å². The molecule has 0 aliphatic carbocycles. The summed E-state index contributed by atoms with van der Waals surface area (Å²) >= 11 is 0. The van der Waals surface area contributed by atoms with Gasteiger partial charge in [0.15, 0.2) is 17.3 Å². The number of nitrogens with zero attached hydrogens (tertiary/aromatic N) is 1. The summed E-state index contributed by atoms with van der Waals surface area (Å²) in [6.45, 7) is 2.79. The molecule has 7 nitrogen and oxygen atoms in total. The minimum absolute atomic E-state index is 0.116. The molecule has 0 bridgehead atoms. The fraction of sp³-hybridized carbons (Fsp3) is 0.333. The van der Waals surface area contributed by atoms with Crippen molar-refractivity contribution in [3.63, 3.8) is 0 Å². The van der Waals surface area contributed by atoms with Crippen LogP contribution in [0.5, 0.6) is 11.5 Å². The third-order valence-electron chi connectivity index (χ3n) is 3.72. The van der Waals surface area contributed by atoms with Gasteiger partial charge in [0, 0.05) is 13.1 Å². The van der Waals surface area contributed by atoms with Crippen LogP contribution in [0.1, 0.15) is 29.5 Å². The summed E-state index contributed by atoms with van der Waals surface area (Å²) in [7, 11) is 0. The molecule has 2 heterocycles. The number of hydrogen-bond donors (Lipinski definition) is 0. The van der Waals surface area contributed by atoms with Crippen molar-refractivity contribution in [1.82, 2.24) is 4.90 Å². The smallest absolute Gasteiger partial charge is 0.307 e. The van der Waals surface area contributed by atoms with Gasteiger partial charge in [-0.15, -0.1) is 0 Å². The Labute approximate surface area is 145 Å². The van der Waals surface area contributed by atoms with Gasteiger partial charge in [-0.3, -0.25) is 9.59 Å². The van der Waals surface area contributed by atoms with Gasteiger partial charge in [-0.2, -0.15) is 0 Å². The lowest BCUT2D eigenvalue weighted by Crippen LogP contribution is -2.32. The molecule has 0 spiro atoms. The zero-order valence-corrected chi connectivity index (χ0v) is 13.9. The van der Waals surface area contributed by atoms with Crippen molar-refractivity contribution in [2.24, 2.45) is 0 Å². The van der Waals surface area contributed by atoms with Crippen molar-refractivity contribution in [3.8, 4) is 11.5 Å². The molecule has 0 atom stereocenters. The third-order valence-corrected chi connectivity index (χ3v) is 3.72. The van der Waals surface area contributed by atoms with Gasteiger partial charge in [0.05, 0.1) is 19.3 Å². The monoisotopic (exact) mass is 345 g/mol. The molecule has 1 aromatic carbocycles. The molecular weight excluding hydrogens is 326 g/mol. The van der Waals surface area contributed by atoms with Gasteiger partial charge < -0.3 is 23.5 Å². The Hall–Kier alpha value is -2.96. The number of fused-ring (bicyclic) bond motifs is 1. The molecule has 132 valence electrons. The highest BCUT2D eigenvalue weighted by Gasteiger charge is 2.21. The number of amides is 1. The van der Waals surface area contributed by atoms with Crippen LogP contribution in [0.15, 0.2) is 41.0 Å². The number of carbonyl (C=O) groups is 2. The van der Waals surface area contributed by atoms with E-state index in [0.29, 0.717) is 24.7 Å². The average Bonchev–Trinajstić information content (AvgIpc) is 3.29. The SMILES string of the molecule is CCOC(=O)CCN(Cc1ccc2c(c1)OCO2)C(=O)c1ccco1. The Morgan fingerprint density at radius 3 is 2.80 bits per heavy atom. The van der Waals surface area contributed by atoms with Crippen molar-refractivity contribution < 1.29 is 28.2 Å². The number of esters is 1. The molecule has 0 unspecified atom stereocenters. The Balaban J connectivity index is 1.73. The molecule has 1 aliphatic rings. The Morgan fingerprint density at radius 2 is 2.04 bits per heavy atom. The largest absolute Gasteiger partial charge is 0.466 e. The maximum atomic E-state index is 12.6. The molecule has 7 heteroatoms. The number of ether oxygens (including phenoxy) is 3. The number of benzene rings is 1. The summed E-state index contributed by atoms with van der Waals surface area (Å²) in [4.78, 5) is 25.8. The Kier molecular flexibility index (Phi) is 5.23. The van der Waals surface area contributed by atoms with Crippen LogP contribution < -0.4 is 9.47 Å². The molecule has 2 aromatic rings. The average molecular weight is 345 g/mol. The first-order chi connectivity index (χ1) is 12.2. The van der Waals surface area contributed by atoms with Crippen LogP contribution in [0.4, 0.5) is 0 Å². The third kappa shape index (κ3) is 4.12. The quantitative estimate of drug-likeness (QED) is 0.718. The van der Waals surface area contributed by atoms with E-state index in [2.05, 4.69) is 0 Å². The summed E-state index contributed by atoms with van der Waals surface area (Å²) in [6, 6.07) is 8.74. The molecule has 3 rings (SSSR count). The molecule has 1 amide bonds. The van der Waals surface area contributed by atoms with Crippen LogP contribution in [0.3, 0.4) is 0 Å². The summed E-state index contributed by atoms with van der Waals surface area (Å²) in [5.41, 5.74) is 0.869. The second-order valence-corrected chi connectivity index (χ2v) is 5.45. The van der Waals surface area contributed by atoms with Crippen LogP contribution in [-0.4, -0.2) is 36.7 Å². The zero-order chi connectivity index (χ0) is 17.6. The van der Waals surface area contributed by atoms with Crippen LogP contribution in [-0.2, 0) is 16.1 Å². The van der Waals surface area contributed by atoms with Crippen molar-refractivity contribution in [2.75, 3.05) is 19.9 Å². The van der Waals surface area contributed by atoms with Gasteiger partial charge in [0.25, 0.3) is 5.91 Å². The summed E-state index contributed by atoms with van der Waals surface area (Å²) in [5, 5.41) is 0. The van der Waals surface area contributed by atoms with Gasteiger partial charge in [0.2, 0.25) is 6.79 Å². The van der Waals surface area contributed by atoms with Crippen molar-refractivity contribution in [1.29, 1.82) is 0 Å². The lowest BCUT2D eigenvalue weighted by atomic mass is 10.1. The zero-order valence-electron chi connectivity index (χ0n) is 13.9. The topological polar surface area (TPSA) is 78.2 Å². The number of furan rings is 1. The maximum absolute atomic E-state index is 12.6. The summed E-state index contributed by atoms with van der Waals surface area (Å²) in [5.74, 6) is 0.925. The van der Waals surface area contributed by atoms with E-state index in [4.69, 9.17) is 18.6 Å². The van der Waals surface area contributed by atoms with Crippen molar-refractivity contribution in [2.45, 2.75) is 19.9 Å². The first-order valence-corrected chi connectivity index (χ1v) is 8.04. The minimum atomic E-state index is -0.342. The lowest BCUT2D eigenvalue weighted by Gasteiger charge is -2.21. The van der Waals surface area contributed by atoms with Crippen LogP contribution in [0.25, 0.3) is 0 Å². The summed E-state index contributed by atoms with van der Waals surface area (Å²) in [6.07, 6.45) is 1.56. The number of hydrogen-bond acceptors (Lipinski definition) is 6. The van der Waals surface area contributed by atoms with Gasteiger partial charge in [0.1, 0.15) is 0 Å². The second-order valence-electron chi connectivity index (χ2n) is 5.45. The highest BCUT2D eigenvalue weighted by atomic mass is 16.7. The highest BCUT2D eigenvalue weighted by Crippen LogP contribution is 2.32. The predicted octanol–water partition coefficient (Wildman–Crippen LogP) is 2.60. The van der Waals surface area contributed by atoms with Crippen LogP contribution in [0.2, 0.25) is 0 Å². The fourth-order valence-electron chi connectivity index (χ4n) is 2.53. The van der Waals surface area contributed by atoms with E-state index < -0.39 is 0 Å². The predicted molar refractivity (Wildman–Crippen MR) is 87.3 cm³/mol. The molecule has 0 N–H and O–H groups in total. The van der Waals surface area contributed by atoms with Gasteiger partial charge in [-0.1, -0.05) is 6.07 Å². The standard InChI is InChI=1S/C18H19NO6/c1-2-22-17(20)7-8-19(18(21)15-4-3-9-23-15)11-13-5-6-14-16(10-13)25-12-24-14/h3-6,9-10H,2,7-8,11-12H2,1H3. The molecule has 0 saturated heterocycles. The van der Waals surface area contributed by atoms with Crippen LogP contribution >= 0.6 is 0 Å². The van der Waals surface area contributed by atoms with E-state index in [1.54, 1.807) is 30.0 Å². The fourth-order valence-corrected chi connectivity index (χ4v) is 2.53. The van der Waals surface area contributed by atoms with E-state index in [0.717, 1.165) is 5.56 Å². The van der Waals surface area contributed by atoms with Crippen LogP contribution in [0, 0.1) is 0 Å². The van der Waals surface area contributed by atoms with E-state index in [1.165, 1.54) is 6.26 Å². The lowest BCUT2D eigenvalue weighted by molar-refractivity contribution is -0.143. The van der Waals surface area contributed by atoms with E-state index in [1.807, 2.05) is 12.1 Å². The normalized spacial score (nSPS) is 12.0. The highest BCUT2D eigenvalue weighted by molar-refractivity contribution is 5.91. The molecule has 1 aliphatic heterocycles.